The van der Waals surface area contributed by atoms with Gasteiger partial charge < -0.3 is 19.3 Å². The van der Waals surface area contributed by atoms with Crippen molar-refractivity contribution in [1.29, 1.82) is 0 Å². The molecule has 1 aromatic rings. The van der Waals surface area contributed by atoms with Crippen LogP contribution in [0.5, 0.6) is 5.88 Å². The molecule has 0 spiro atoms. The molecule has 3 heterocycles. The number of methoxy groups -OCH3 is 1. The molecule has 2 aliphatic heterocycles. The maximum absolute atomic E-state index is 11.8. The third kappa shape index (κ3) is 2.99. The Morgan fingerprint density at radius 1 is 1.45 bits per heavy atom. The molecule has 2 fully saturated rings. The normalized spacial score (nSPS) is 26.9. The van der Waals surface area contributed by atoms with Crippen LogP contribution in [0.25, 0.3) is 0 Å². The molecule has 1 aromatic heterocycles. The lowest BCUT2D eigenvalue weighted by molar-refractivity contribution is -0.131. The number of amides is 1. The summed E-state index contributed by atoms with van der Waals surface area (Å²) in [5.41, 5.74) is 0. The molecule has 2 saturated heterocycles. The standard InChI is InChI=1S/C15H22N4O3/c1-18(2)15(20)5-11-4-10-7-19(8-12(10)22-11)13-6-14(21-3)17-9-16-13/h6,9-12H,4-5,7-8H2,1-3H3/t10-,11+,12+/m1/s1. The number of aromatic nitrogens is 2. The van der Waals surface area contributed by atoms with Gasteiger partial charge in [-0.15, -0.1) is 0 Å². The highest BCUT2D eigenvalue weighted by atomic mass is 16.5. The first kappa shape index (κ1) is 15.0. The highest BCUT2D eigenvalue weighted by Crippen LogP contribution is 2.36. The lowest BCUT2D eigenvalue weighted by Gasteiger charge is -2.20. The molecule has 2 aliphatic rings. The second-order valence-corrected chi connectivity index (χ2v) is 6.11. The number of carbonyl (C=O) groups excluding carboxylic acids is 1. The van der Waals surface area contributed by atoms with Crippen molar-refractivity contribution >= 4 is 11.7 Å². The summed E-state index contributed by atoms with van der Waals surface area (Å²) >= 11 is 0. The average molecular weight is 306 g/mol. The molecule has 7 nitrogen and oxygen atoms in total. The fraction of sp³-hybridized carbons (Fsp3) is 0.667. The van der Waals surface area contributed by atoms with E-state index in [1.54, 1.807) is 26.1 Å². The highest BCUT2D eigenvalue weighted by molar-refractivity contribution is 5.76. The van der Waals surface area contributed by atoms with E-state index in [0.717, 1.165) is 25.3 Å². The Bertz CT molecular complexity index is 537. The first-order valence-corrected chi connectivity index (χ1v) is 7.53. The number of ether oxygens (including phenoxy) is 2. The summed E-state index contributed by atoms with van der Waals surface area (Å²) in [5, 5.41) is 0. The van der Waals surface area contributed by atoms with Crippen molar-refractivity contribution in [2.75, 3.05) is 39.2 Å². The molecular weight excluding hydrogens is 284 g/mol. The van der Waals surface area contributed by atoms with E-state index in [9.17, 15) is 4.79 Å². The van der Waals surface area contributed by atoms with Gasteiger partial charge >= 0.3 is 0 Å². The zero-order valence-electron chi connectivity index (χ0n) is 13.2. The SMILES string of the molecule is COc1cc(N2C[C@H]3C[C@@H](CC(=O)N(C)C)O[C@H]3C2)ncn1. The monoisotopic (exact) mass is 306 g/mol. The molecule has 0 unspecified atom stereocenters. The molecule has 0 N–H and O–H groups in total. The summed E-state index contributed by atoms with van der Waals surface area (Å²) in [7, 11) is 5.16. The number of anilines is 1. The summed E-state index contributed by atoms with van der Waals surface area (Å²) in [5.74, 6) is 2.02. The molecule has 120 valence electrons. The molecule has 0 aliphatic carbocycles. The Balaban J connectivity index is 1.58. The zero-order valence-corrected chi connectivity index (χ0v) is 13.2. The van der Waals surface area contributed by atoms with Gasteiger partial charge in [0, 0.05) is 39.2 Å². The van der Waals surface area contributed by atoms with E-state index in [1.165, 1.54) is 6.33 Å². The van der Waals surface area contributed by atoms with Crippen LogP contribution in [0.3, 0.4) is 0 Å². The van der Waals surface area contributed by atoms with Crippen LogP contribution in [0.1, 0.15) is 12.8 Å². The lowest BCUT2D eigenvalue weighted by atomic mass is 10.0. The minimum Gasteiger partial charge on any atom is -0.481 e. The van der Waals surface area contributed by atoms with Crippen LogP contribution in [0.4, 0.5) is 5.82 Å². The summed E-state index contributed by atoms with van der Waals surface area (Å²) in [6, 6.07) is 1.84. The van der Waals surface area contributed by atoms with Crippen LogP contribution in [-0.4, -0.2) is 67.3 Å². The second kappa shape index (κ2) is 6.08. The Labute approximate surface area is 130 Å². The van der Waals surface area contributed by atoms with E-state index in [1.807, 2.05) is 6.07 Å². The van der Waals surface area contributed by atoms with Crippen molar-refractivity contribution in [3.8, 4) is 5.88 Å². The topological polar surface area (TPSA) is 67.8 Å². The number of rotatable bonds is 4. The largest absolute Gasteiger partial charge is 0.481 e. The number of carbonyl (C=O) groups is 1. The number of hydrogen-bond acceptors (Lipinski definition) is 6. The van der Waals surface area contributed by atoms with Crippen molar-refractivity contribution in [2.24, 2.45) is 5.92 Å². The molecule has 3 rings (SSSR count). The Morgan fingerprint density at radius 3 is 2.95 bits per heavy atom. The quantitative estimate of drug-likeness (QED) is 0.809. The second-order valence-electron chi connectivity index (χ2n) is 6.11. The Hall–Kier alpha value is -1.89. The lowest BCUT2D eigenvalue weighted by Crippen LogP contribution is -2.29. The first-order valence-electron chi connectivity index (χ1n) is 7.53. The van der Waals surface area contributed by atoms with E-state index in [4.69, 9.17) is 9.47 Å². The van der Waals surface area contributed by atoms with Crippen molar-refractivity contribution in [1.82, 2.24) is 14.9 Å². The van der Waals surface area contributed by atoms with Gasteiger partial charge in [0.2, 0.25) is 11.8 Å². The summed E-state index contributed by atoms with van der Waals surface area (Å²) in [4.78, 5) is 23.9. The van der Waals surface area contributed by atoms with E-state index in [-0.39, 0.29) is 18.1 Å². The predicted octanol–water partition coefficient (Wildman–Crippen LogP) is 0.557. The number of fused-ring (bicyclic) bond motifs is 1. The van der Waals surface area contributed by atoms with Crippen LogP contribution in [0.2, 0.25) is 0 Å². The molecule has 0 aromatic carbocycles. The van der Waals surface area contributed by atoms with Crippen LogP contribution in [0.15, 0.2) is 12.4 Å². The van der Waals surface area contributed by atoms with Gasteiger partial charge in [-0.3, -0.25) is 4.79 Å². The van der Waals surface area contributed by atoms with Crippen molar-refractivity contribution < 1.29 is 14.3 Å². The number of hydrogen-bond donors (Lipinski definition) is 0. The van der Waals surface area contributed by atoms with Crippen molar-refractivity contribution in [3.05, 3.63) is 12.4 Å². The molecule has 0 bridgehead atoms. The molecule has 3 atom stereocenters. The average Bonchev–Trinajstić information content (AvgIpc) is 3.05. The molecule has 22 heavy (non-hydrogen) atoms. The van der Waals surface area contributed by atoms with Gasteiger partial charge in [0.1, 0.15) is 12.1 Å². The Morgan fingerprint density at radius 2 is 2.27 bits per heavy atom. The van der Waals surface area contributed by atoms with Gasteiger partial charge in [0.15, 0.2) is 0 Å². The summed E-state index contributed by atoms with van der Waals surface area (Å²) in [6.45, 7) is 1.70. The summed E-state index contributed by atoms with van der Waals surface area (Å²) < 4.78 is 11.2. The maximum atomic E-state index is 11.8. The van der Waals surface area contributed by atoms with Gasteiger partial charge in [-0.1, -0.05) is 0 Å². The van der Waals surface area contributed by atoms with Crippen LogP contribution in [-0.2, 0) is 9.53 Å². The maximum Gasteiger partial charge on any atom is 0.224 e. The fourth-order valence-corrected chi connectivity index (χ4v) is 3.17. The smallest absolute Gasteiger partial charge is 0.224 e. The van der Waals surface area contributed by atoms with Gasteiger partial charge in [-0.25, -0.2) is 9.97 Å². The highest BCUT2D eigenvalue weighted by Gasteiger charge is 2.43. The van der Waals surface area contributed by atoms with Gasteiger partial charge in [-0.05, 0) is 6.42 Å². The zero-order chi connectivity index (χ0) is 15.7. The van der Waals surface area contributed by atoms with Crippen LogP contribution < -0.4 is 9.64 Å². The van der Waals surface area contributed by atoms with Crippen molar-refractivity contribution in [3.63, 3.8) is 0 Å². The van der Waals surface area contributed by atoms with Crippen LogP contribution in [0, 0.1) is 5.92 Å². The molecular formula is C15H22N4O3. The predicted molar refractivity (Wildman–Crippen MR) is 80.9 cm³/mol. The van der Waals surface area contributed by atoms with E-state index in [2.05, 4.69) is 14.9 Å². The summed E-state index contributed by atoms with van der Waals surface area (Å²) in [6.07, 6.45) is 3.15. The number of nitrogens with zero attached hydrogens (tertiary/aromatic N) is 4. The van der Waals surface area contributed by atoms with E-state index < -0.39 is 0 Å². The molecule has 0 radical (unpaired) electrons. The minimum atomic E-state index is 0.0481. The molecule has 0 saturated carbocycles. The third-order valence-corrected chi connectivity index (χ3v) is 4.38. The van der Waals surface area contributed by atoms with E-state index >= 15 is 0 Å². The molecule has 7 heteroatoms. The van der Waals surface area contributed by atoms with E-state index in [0.29, 0.717) is 18.2 Å². The fourth-order valence-electron chi connectivity index (χ4n) is 3.17. The third-order valence-electron chi connectivity index (χ3n) is 4.38. The molecule has 1 amide bonds. The van der Waals surface area contributed by atoms with Gasteiger partial charge in [0.05, 0.1) is 25.7 Å². The van der Waals surface area contributed by atoms with Crippen molar-refractivity contribution in [2.45, 2.75) is 25.0 Å². The Kier molecular flexibility index (Phi) is 4.15. The minimum absolute atomic E-state index is 0.0481. The van der Waals surface area contributed by atoms with Gasteiger partial charge in [-0.2, -0.15) is 0 Å². The first-order chi connectivity index (χ1) is 10.6. The van der Waals surface area contributed by atoms with Gasteiger partial charge in [0.25, 0.3) is 0 Å². The van der Waals surface area contributed by atoms with Crippen LogP contribution >= 0.6 is 0 Å².